The number of aliphatic carboxylic acids is 1. The van der Waals surface area contributed by atoms with Crippen molar-refractivity contribution in [3.05, 3.63) is 29.8 Å². The van der Waals surface area contributed by atoms with Crippen molar-refractivity contribution in [3.63, 3.8) is 0 Å². The third kappa shape index (κ3) is 3.23. The summed E-state index contributed by atoms with van der Waals surface area (Å²) < 4.78 is 0. The second kappa shape index (κ2) is 5.53. The molecule has 98 valence electrons. The van der Waals surface area contributed by atoms with Gasteiger partial charge < -0.3 is 15.5 Å². The van der Waals surface area contributed by atoms with Gasteiger partial charge in [-0.05, 0) is 31.5 Å². The third-order valence-electron chi connectivity index (χ3n) is 2.72. The van der Waals surface area contributed by atoms with Gasteiger partial charge in [-0.3, -0.25) is 4.79 Å². The molecule has 0 bridgehead atoms. The molecule has 0 fully saturated rings. The fraction of sp³-hybridized carbons (Fsp3) is 0.385. The lowest BCUT2D eigenvalue weighted by Gasteiger charge is -2.25. The molecule has 1 rings (SSSR count). The summed E-state index contributed by atoms with van der Waals surface area (Å²) in [6.07, 6.45) is 0.982. The van der Waals surface area contributed by atoms with E-state index in [0.717, 1.165) is 0 Å². The van der Waals surface area contributed by atoms with E-state index in [1.165, 1.54) is 31.2 Å². The number of rotatable bonds is 5. The van der Waals surface area contributed by atoms with Crippen molar-refractivity contribution in [2.75, 3.05) is 0 Å². The van der Waals surface area contributed by atoms with Crippen molar-refractivity contribution >= 4 is 11.9 Å². The van der Waals surface area contributed by atoms with Crippen LogP contribution in [-0.4, -0.2) is 27.6 Å². The molecule has 0 aliphatic rings. The summed E-state index contributed by atoms with van der Waals surface area (Å²) in [4.78, 5) is 23.1. The maximum absolute atomic E-state index is 11.9. The van der Waals surface area contributed by atoms with Gasteiger partial charge in [-0.15, -0.1) is 0 Å². The Morgan fingerprint density at radius 2 is 2.06 bits per heavy atom. The lowest BCUT2D eigenvalue weighted by atomic mass is 9.95. The molecule has 0 heterocycles. The number of carboxylic acids is 1. The molecule has 5 heteroatoms. The summed E-state index contributed by atoms with van der Waals surface area (Å²) in [6, 6.07) is 5.79. The van der Waals surface area contributed by atoms with Gasteiger partial charge in [0, 0.05) is 5.56 Å². The van der Waals surface area contributed by atoms with Crippen LogP contribution in [0.25, 0.3) is 0 Å². The Hall–Kier alpha value is -2.04. The fourth-order valence-electron chi connectivity index (χ4n) is 1.69. The van der Waals surface area contributed by atoms with E-state index in [9.17, 15) is 14.7 Å². The standard InChI is InChI=1S/C13H17NO4/c1-3-7-13(2,12(17)18)14-11(16)9-5-4-6-10(15)8-9/h4-6,8,15H,3,7H2,1-2H3,(H,14,16)(H,17,18). The smallest absolute Gasteiger partial charge is 0.329 e. The number of phenols is 1. The van der Waals surface area contributed by atoms with Gasteiger partial charge in [0.05, 0.1) is 0 Å². The molecule has 1 amide bonds. The number of carbonyl (C=O) groups excluding carboxylic acids is 1. The van der Waals surface area contributed by atoms with E-state index < -0.39 is 17.4 Å². The molecule has 0 aromatic heterocycles. The minimum atomic E-state index is -1.29. The predicted molar refractivity (Wildman–Crippen MR) is 66.5 cm³/mol. The molecule has 1 aromatic carbocycles. The van der Waals surface area contributed by atoms with Gasteiger partial charge in [0.1, 0.15) is 11.3 Å². The van der Waals surface area contributed by atoms with E-state index in [0.29, 0.717) is 12.8 Å². The number of aromatic hydroxyl groups is 1. The molecule has 0 saturated carbocycles. The van der Waals surface area contributed by atoms with Crippen molar-refractivity contribution in [1.82, 2.24) is 5.32 Å². The van der Waals surface area contributed by atoms with Gasteiger partial charge in [0.15, 0.2) is 0 Å². The van der Waals surface area contributed by atoms with Crippen LogP contribution >= 0.6 is 0 Å². The van der Waals surface area contributed by atoms with Crippen LogP contribution in [0.4, 0.5) is 0 Å². The molecular weight excluding hydrogens is 234 g/mol. The van der Waals surface area contributed by atoms with Crippen LogP contribution in [-0.2, 0) is 4.79 Å². The lowest BCUT2D eigenvalue weighted by molar-refractivity contribution is -0.144. The Morgan fingerprint density at radius 3 is 2.56 bits per heavy atom. The summed E-state index contributed by atoms with van der Waals surface area (Å²) in [5.41, 5.74) is -1.06. The van der Waals surface area contributed by atoms with Crippen LogP contribution < -0.4 is 5.32 Å². The molecule has 3 N–H and O–H groups in total. The van der Waals surface area contributed by atoms with Gasteiger partial charge in [-0.25, -0.2) is 4.79 Å². The molecule has 0 aliphatic carbocycles. The molecule has 0 aliphatic heterocycles. The first kappa shape index (κ1) is 14.0. The summed E-state index contributed by atoms with van der Waals surface area (Å²) in [7, 11) is 0. The molecule has 1 aromatic rings. The highest BCUT2D eigenvalue weighted by molar-refractivity contribution is 5.98. The van der Waals surface area contributed by atoms with E-state index in [1.54, 1.807) is 0 Å². The van der Waals surface area contributed by atoms with Crippen LogP contribution in [0.2, 0.25) is 0 Å². The second-order valence-corrected chi connectivity index (χ2v) is 4.39. The van der Waals surface area contributed by atoms with Crippen molar-refractivity contribution in [3.8, 4) is 5.75 Å². The number of hydrogen-bond donors (Lipinski definition) is 3. The van der Waals surface area contributed by atoms with Crippen molar-refractivity contribution in [1.29, 1.82) is 0 Å². The predicted octanol–water partition coefficient (Wildman–Crippen LogP) is 1.77. The minimum absolute atomic E-state index is 0.0323. The van der Waals surface area contributed by atoms with Crippen molar-refractivity contribution < 1.29 is 19.8 Å². The minimum Gasteiger partial charge on any atom is -0.508 e. The van der Waals surface area contributed by atoms with E-state index in [-0.39, 0.29) is 11.3 Å². The molecule has 18 heavy (non-hydrogen) atoms. The normalized spacial score (nSPS) is 13.7. The summed E-state index contributed by atoms with van der Waals surface area (Å²) in [5, 5.41) is 20.9. The number of hydrogen-bond acceptors (Lipinski definition) is 3. The number of amides is 1. The van der Waals surface area contributed by atoms with Gasteiger partial charge in [-0.1, -0.05) is 19.4 Å². The Morgan fingerprint density at radius 1 is 1.39 bits per heavy atom. The molecular formula is C13H17NO4. The van der Waals surface area contributed by atoms with Crippen LogP contribution in [0.3, 0.4) is 0 Å². The SMILES string of the molecule is CCCC(C)(NC(=O)c1cccc(O)c1)C(=O)O. The second-order valence-electron chi connectivity index (χ2n) is 4.39. The lowest BCUT2D eigenvalue weighted by Crippen LogP contribution is -2.52. The Kier molecular flexibility index (Phi) is 4.31. The van der Waals surface area contributed by atoms with E-state index in [4.69, 9.17) is 5.11 Å². The highest BCUT2D eigenvalue weighted by Gasteiger charge is 2.34. The molecule has 1 atom stereocenters. The highest BCUT2D eigenvalue weighted by Crippen LogP contribution is 2.16. The zero-order chi connectivity index (χ0) is 13.8. The van der Waals surface area contributed by atoms with Crippen molar-refractivity contribution in [2.45, 2.75) is 32.2 Å². The number of carboxylic acid groups (broad SMARTS) is 1. The van der Waals surface area contributed by atoms with Gasteiger partial charge in [0.2, 0.25) is 0 Å². The molecule has 0 spiro atoms. The Bertz CT molecular complexity index is 458. The quantitative estimate of drug-likeness (QED) is 0.744. The first-order valence-corrected chi connectivity index (χ1v) is 5.74. The average Bonchev–Trinajstić information content (AvgIpc) is 2.29. The van der Waals surface area contributed by atoms with Gasteiger partial charge >= 0.3 is 5.97 Å². The summed E-state index contributed by atoms with van der Waals surface area (Å²) >= 11 is 0. The molecule has 5 nitrogen and oxygen atoms in total. The average molecular weight is 251 g/mol. The number of phenolic OH excluding ortho intramolecular Hbond substituents is 1. The maximum atomic E-state index is 11.9. The first-order valence-electron chi connectivity index (χ1n) is 5.74. The Labute approximate surface area is 105 Å². The summed E-state index contributed by atoms with van der Waals surface area (Å²) in [6.45, 7) is 3.32. The van der Waals surface area contributed by atoms with Crippen LogP contribution in [0, 0.1) is 0 Å². The molecule has 1 unspecified atom stereocenters. The van der Waals surface area contributed by atoms with Crippen LogP contribution in [0.1, 0.15) is 37.0 Å². The molecule has 0 radical (unpaired) electrons. The van der Waals surface area contributed by atoms with Crippen molar-refractivity contribution in [2.24, 2.45) is 0 Å². The molecule has 0 saturated heterocycles. The van der Waals surface area contributed by atoms with Gasteiger partial charge in [0.25, 0.3) is 5.91 Å². The maximum Gasteiger partial charge on any atom is 0.329 e. The zero-order valence-electron chi connectivity index (χ0n) is 10.4. The number of benzene rings is 1. The van der Waals surface area contributed by atoms with E-state index >= 15 is 0 Å². The first-order chi connectivity index (χ1) is 8.39. The Balaban J connectivity index is 2.88. The summed E-state index contributed by atoms with van der Waals surface area (Å²) in [5.74, 6) is -1.61. The van der Waals surface area contributed by atoms with E-state index in [2.05, 4.69) is 5.32 Å². The topological polar surface area (TPSA) is 86.6 Å². The monoisotopic (exact) mass is 251 g/mol. The third-order valence-corrected chi connectivity index (χ3v) is 2.72. The number of nitrogens with one attached hydrogen (secondary N) is 1. The number of carbonyl (C=O) groups is 2. The highest BCUT2D eigenvalue weighted by atomic mass is 16.4. The zero-order valence-corrected chi connectivity index (χ0v) is 10.4. The largest absolute Gasteiger partial charge is 0.508 e. The van der Waals surface area contributed by atoms with Crippen LogP contribution in [0.5, 0.6) is 5.75 Å². The van der Waals surface area contributed by atoms with E-state index in [1.807, 2.05) is 6.92 Å². The van der Waals surface area contributed by atoms with Crippen LogP contribution in [0.15, 0.2) is 24.3 Å². The fourth-order valence-corrected chi connectivity index (χ4v) is 1.69. The van der Waals surface area contributed by atoms with Gasteiger partial charge in [-0.2, -0.15) is 0 Å².